The third-order valence-corrected chi connectivity index (χ3v) is 6.56. The Bertz CT molecular complexity index is 607. The normalized spacial score (nSPS) is 14.7. The maximum Gasteiger partial charge on any atom is 0.472 e. The van der Waals surface area contributed by atoms with E-state index in [2.05, 4.69) is 19.1 Å². The van der Waals surface area contributed by atoms with Gasteiger partial charge in [-0.3, -0.25) is 13.8 Å². The van der Waals surface area contributed by atoms with Crippen molar-refractivity contribution < 1.29 is 37.3 Å². The predicted molar refractivity (Wildman–Crippen MR) is 146 cm³/mol. The van der Waals surface area contributed by atoms with E-state index in [0.29, 0.717) is 24.1 Å². The second kappa shape index (κ2) is 22.2. The van der Waals surface area contributed by atoms with E-state index in [-0.39, 0.29) is 25.8 Å². The smallest absolute Gasteiger partial charge is 0.457 e. The van der Waals surface area contributed by atoms with Gasteiger partial charge >= 0.3 is 13.8 Å². The molecule has 1 N–H and O–H groups in total. The van der Waals surface area contributed by atoms with Crippen LogP contribution in [0.4, 0.5) is 0 Å². The molecule has 0 aliphatic carbocycles. The number of phosphoric acid groups is 1. The van der Waals surface area contributed by atoms with Crippen molar-refractivity contribution >= 4 is 13.8 Å². The Balaban J connectivity index is 4.17. The number of allylic oxidation sites excluding steroid dienone is 2. The Labute approximate surface area is 220 Å². The number of carbonyl (C=O) groups excluding carboxylic acids is 1. The van der Waals surface area contributed by atoms with E-state index in [1.807, 2.05) is 28.1 Å². The summed E-state index contributed by atoms with van der Waals surface area (Å²) in [7, 11) is 1.65. The van der Waals surface area contributed by atoms with Gasteiger partial charge in [0.25, 0.3) is 0 Å². The van der Waals surface area contributed by atoms with Gasteiger partial charge in [0.2, 0.25) is 0 Å². The van der Waals surface area contributed by atoms with Crippen molar-refractivity contribution in [2.24, 2.45) is 0 Å². The summed E-state index contributed by atoms with van der Waals surface area (Å²) >= 11 is 0. The van der Waals surface area contributed by atoms with E-state index >= 15 is 0 Å². The fraction of sp³-hybridized carbons (Fsp3) is 0.889. The summed E-state index contributed by atoms with van der Waals surface area (Å²) in [6.07, 6.45) is 17.6. The molecule has 0 saturated carbocycles. The molecule has 0 heterocycles. The van der Waals surface area contributed by atoms with Crippen LogP contribution in [0.5, 0.6) is 0 Å². The molecule has 9 heteroatoms. The average molecular weight is 537 g/mol. The predicted octanol–water partition coefficient (Wildman–Crippen LogP) is 6.42. The van der Waals surface area contributed by atoms with E-state index in [9.17, 15) is 14.3 Å². The van der Waals surface area contributed by atoms with Crippen LogP contribution < -0.4 is 0 Å². The topological polar surface area (TPSA) is 91.3 Å². The monoisotopic (exact) mass is 536 g/mol. The molecule has 0 aliphatic heterocycles. The summed E-state index contributed by atoms with van der Waals surface area (Å²) in [5.41, 5.74) is 0. The minimum atomic E-state index is -4.23. The lowest BCUT2D eigenvalue weighted by atomic mass is 10.1. The molecule has 2 atom stereocenters. The Hall–Kier alpha value is -0.760. The molecule has 0 bridgehead atoms. The second-order valence-electron chi connectivity index (χ2n) is 10.4. The van der Waals surface area contributed by atoms with Gasteiger partial charge in [0, 0.05) is 13.0 Å². The number of likely N-dealkylation sites (N-methyl/N-ethyl adjacent to an activating group) is 1. The molecule has 0 amide bonds. The zero-order valence-corrected chi connectivity index (χ0v) is 24.6. The minimum Gasteiger partial charge on any atom is -0.457 e. The lowest BCUT2D eigenvalue weighted by Crippen LogP contribution is -2.37. The fourth-order valence-corrected chi connectivity index (χ4v) is 4.01. The summed E-state index contributed by atoms with van der Waals surface area (Å²) < 4.78 is 34.1. The van der Waals surface area contributed by atoms with Crippen LogP contribution in [0.15, 0.2) is 12.2 Å². The highest BCUT2D eigenvalue weighted by molar-refractivity contribution is 7.47. The molecule has 2 unspecified atom stereocenters. The number of nitrogens with zero attached hydrogens (tertiary/aromatic N) is 1. The van der Waals surface area contributed by atoms with Gasteiger partial charge in [-0.1, -0.05) is 70.9 Å². The molecule has 0 aliphatic rings. The third-order valence-electron chi connectivity index (χ3n) is 5.58. The lowest BCUT2D eigenvalue weighted by molar-refractivity contribution is -0.870. The minimum absolute atomic E-state index is 0.0877. The number of ether oxygens (including phenoxy) is 2. The van der Waals surface area contributed by atoms with Crippen molar-refractivity contribution in [3.63, 3.8) is 0 Å². The Morgan fingerprint density at radius 2 is 1.44 bits per heavy atom. The highest BCUT2D eigenvalue weighted by Gasteiger charge is 2.26. The van der Waals surface area contributed by atoms with Crippen LogP contribution in [-0.2, 0) is 27.9 Å². The number of unbranched alkanes of at least 4 members (excludes halogenated alkanes) is 9. The van der Waals surface area contributed by atoms with Gasteiger partial charge in [0.05, 0.1) is 34.4 Å². The first-order valence-corrected chi connectivity index (χ1v) is 15.4. The van der Waals surface area contributed by atoms with Crippen molar-refractivity contribution in [3.8, 4) is 0 Å². The number of hydrogen-bond acceptors (Lipinski definition) is 6. The molecule has 0 aromatic carbocycles. The molecule has 36 heavy (non-hydrogen) atoms. The molecular weight excluding hydrogens is 481 g/mol. The molecule has 8 nitrogen and oxygen atoms in total. The van der Waals surface area contributed by atoms with Gasteiger partial charge in [0.15, 0.2) is 0 Å². The van der Waals surface area contributed by atoms with Crippen LogP contribution in [0, 0.1) is 0 Å². The van der Waals surface area contributed by atoms with Gasteiger partial charge in [-0.15, -0.1) is 0 Å². The summed E-state index contributed by atoms with van der Waals surface area (Å²) in [5.74, 6) is -0.354. The van der Waals surface area contributed by atoms with Crippen LogP contribution in [0.1, 0.15) is 97.3 Å². The average Bonchev–Trinajstić information content (AvgIpc) is 2.80. The first-order chi connectivity index (χ1) is 17.1. The van der Waals surface area contributed by atoms with E-state index < -0.39 is 13.9 Å². The van der Waals surface area contributed by atoms with E-state index in [1.165, 1.54) is 51.4 Å². The maximum atomic E-state index is 12.2. The van der Waals surface area contributed by atoms with Crippen molar-refractivity contribution in [2.75, 3.05) is 54.1 Å². The number of rotatable bonds is 25. The Morgan fingerprint density at radius 3 is 2.08 bits per heavy atom. The SMILES string of the molecule is CCCC/C=C\CCCCCCCCOCC(COP(=O)(O)OCC[N+](C)(C)C)OC(=O)CCCC. The lowest BCUT2D eigenvalue weighted by Gasteiger charge is -2.24. The molecule has 214 valence electrons. The summed E-state index contributed by atoms with van der Waals surface area (Å²) in [6.45, 7) is 5.30. The number of hydrogen-bond donors (Lipinski definition) is 1. The van der Waals surface area contributed by atoms with Gasteiger partial charge in [-0.25, -0.2) is 4.57 Å². The Kier molecular flexibility index (Phi) is 21.8. The standard InChI is InChI=1S/C27H54NO7P/c1-6-8-10-11-12-13-14-15-16-17-18-19-22-32-24-26(35-27(29)20-9-7-2)25-34-36(30,31)33-23-21-28(3,4)5/h11-12,26H,6-10,13-25H2,1-5H3/p+1/b12-11-. The molecule has 0 fully saturated rings. The molecule has 0 rings (SSSR count). The van der Waals surface area contributed by atoms with Gasteiger partial charge in [-0.2, -0.15) is 0 Å². The Morgan fingerprint density at radius 1 is 0.833 bits per heavy atom. The maximum absolute atomic E-state index is 12.2. The second-order valence-corrected chi connectivity index (χ2v) is 11.9. The zero-order chi connectivity index (χ0) is 27.1. The zero-order valence-electron chi connectivity index (χ0n) is 23.8. The number of esters is 1. The van der Waals surface area contributed by atoms with Crippen molar-refractivity contribution in [1.29, 1.82) is 0 Å². The number of carbonyl (C=O) groups is 1. The van der Waals surface area contributed by atoms with Crippen molar-refractivity contribution in [2.45, 2.75) is 103 Å². The summed E-state index contributed by atoms with van der Waals surface area (Å²) in [4.78, 5) is 22.0. The molecule has 0 aromatic rings. The molecule has 0 aromatic heterocycles. The summed E-state index contributed by atoms with van der Waals surface area (Å²) in [5, 5.41) is 0. The van der Waals surface area contributed by atoms with Crippen molar-refractivity contribution in [3.05, 3.63) is 12.2 Å². The first kappa shape index (κ1) is 35.2. The van der Waals surface area contributed by atoms with Gasteiger partial charge in [-0.05, 0) is 32.1 Å². The third kappa shape index (κ3) is 24.9. The van der Waals surface area contributed by atoms with Gasteiger partial charge in [0.1, 0.15) is 19.3 Å². The van der Waals surface area contributed by atoms with Crippen molar-refractivity contribution in [1.82, 2.24) is 0 Å². The molecule has 0 radical (unpaired) electrons. The van der Waals surface area contributed by atoms with E-state index in [0.717, 1.165) is 25.7 Å². The number of quaternary nitrogens is 1. The van der Waals surface area contributed by atoms with E-state index in [1.54, 1.807) is 0 Å². The van der Waals surface area contributed by atoms with Gasteiger partial charge < -0.3 is 18.9 Å². The van der Waals surface area contributed by atoms with Crippen LogP contribution in [0.25, 0.3) is 0 Å². The van der Waals surface area contributed by atoms with Crippen LogP contribution in [0.2, 0.25) is 0 Å². The fourth-order valence-electron chi connectivity index (χ4n) is 3.27. The molecule has 0 saturated heterocycles. The van der Waals surface area contributed by atoms with Crippen LogP contribution in [0.3, 0.4) is 0 Å². The van der Waals surface area contributed by atoms with Crippen LogP contribution >= 0.6 is 7.82 Å². The highest BCUT2D eigenvalue weighted by atomic mass is 31.2. The van der Waals surface area contributed by atoms with Crippen LogP contribution in [-0.4, -0.2) is 75.6 Å². The molecular formula is C27H55NO7P+. The molecule has 0 spiro atoms. The summed E-state index contributed by atoms with van der Waals surface area (Å²) in [6, 6.07) is 0. The van der Waals surface area contributed by atoms with E-state index in [4.69, 9.17) is 18.5 Å². The largest absolute Gasteiger partial charge is 0.472 e. The number of phosphoric ester groups is 1. The first-order valence-electron chi connectivity index (χ1n) is 13.9. The highest BCUT2D eigenvalue weighted by Crippen LogP contribution is 2.43. The quantitative estimate of drug-likeness (QED) is 0.0473.